The van der Waals surface area contributed by atoms with Crippen LogP contribution in [0.4, 0.5) is 23.8 Å². The lowest BCUT2D eigenvalue weighted by molar-refractivity contribution is -0.141. The lowest BCUT2D eigenvalue weighted by Crippen LogP contribution is -2.31. The number of hydrogen-bond acceptors (Lipinski definition) is 4. The van der Waals surface area contributed by atoms with Crippen molar-refractivity contribution in [2.75, 3.05) is 11.9 Å². The lowest BCUT2D eigenvalue weighted by atomic mass is 10.2. The van der Waals surface area contributed by atoms with Gasteiger partial charge in [-0.3, -0.25) is 10.00 Å². The Morgan fingerprint density at radius 2 is 1.96 bits per heavy atom. The maximum Gasteiger partial charge on any atom is 0.433 e. The predicted octanol–water partition coefficient (Wildman–Crippen LogP) is 2.77. The highest BCUT2D eigenvalue weighted by atomic mass is 19.4. The van der Waals surface area contributed by atoms with Crippen molar-refractivity contribution in [1.29, 1.82) is 0 Å². The number of carbonyl (C=O) groups excluding carboxylic acids is 1. The van der Waals surface area contributed by atoms with Crippen LogP contribution in [0.2, 0.25) is 0 Å². The zero-order chi connectivity index (χ0) is 19.5. The zero-order valence-corrected chi connectivity index (χ0v) is 15.0. The normalized spacial score (nSPS) is 11.5. The predicted molar refractivity (Wildman–Crippen MR) is 89.8 cm³/mol. The molecule has 0 atom stereocenters. The first-order valence-corrected chi connectivity index (χ1v) is 8.11. The monoisotopic (exact) mass is 370 g/mol. The van der Waals surface area contributed by atoms with Gasteiger partial charge in [0.25, 0.3) is 0 Å². The van der Waals surface area contributed by atoms with E-state index in [9.17, 15) is 18.0 Å². The van der Waals surface area contributed by atoms with Gasteiger partial charge in [-0.15, -0.1) is 0 Å². The summed E-state index contributed by atoms with van der Waals surface area (Å²) in [7, 11) is 1.72. The fraction of sp³-hybridized carbons (Fsp3) is 0.500. The molecule has 0 saturated carbocycles. The second kappa shape index (κ2) is 7.71. The number of halogens is 3. The Bertz CT molecular complexity index is 800. The Labute approximate surface area is 149 Å². The molecule has 7 nitrogen and oxygen atoms in total. The molecule has 0 aromatic carbocycles. The fourth-order valence-corrected chi connectivity index (χ4v) is 2.52. The highest BCUT2D eigenvalue weighted by Gasteiger charge is 2.33. The van der Waals surface area contributed by atoms with Crippen LogP contribution >= 0.6 is 0 Å². The first-order chi connectivity index (χ1) is 12.1. The molecule has 0 saturated heterocycles. The molecule has 0 unspecified atom stereocenters. The molecular formula is C16H21F3N6O. The molecule has 0 bridgehead atoms. The quantitative estimate of drug-likeness (QED) is 0.848. The van der Waals surface area contributed by atoms with Crippen LogP contribution < -0.4 is 10.6 Å². The van der Waals surface area contributed by atoms with Crippen LogP contribution in [0.25, 0.3) is 0 Å². The van der Waals surface area contributed by atoms with Gasteiger partial charge in [0.05, 0.1) is 5.69 Å². The maximum absolute atomic E-state index is 12.8. The number of aromatic nitrogens is 4. The summed E-state index contributed by atoms with van der Waals surface area (Å²) in [4.78, 5) is 19.5. The molecule has 2 rings (SSSR count). The van der Waals surface area contributed by atoms with Crippen LogP contribution in [0.3, 0.4) is 0 Å². The van der Waals surface area contributed by atoms with Gasteiger partial charge in [-0.05, 0) is 26.3 Å². The first kappa shape index (κ1) is 19.7. The summed E-state index contributed by atoms with van der Waals surface area (Å²) in [5, 5.41) is 9.58. The van der Waals surface area contributed by atoms with E-state index in [0.717, 1.165) is 23.7 Å². The number of amides is 2. The van der Waals surface area contributed by atoms with E-state index in [-0.39, 0.29) is 24.5 Å². The van der Waals surface area contributed by atoms with Gasteiger partial charge in [0, 0.05) is 31.3 Å². The van der Waals surface area contributed by atoms with Crippen LogP contribution in [0, 0.1) is 13.8 Å². The topological polar surface area (TPSA) is 84.7 Å². The van der Waals surface area contributed by atoms with E-state index < -0.39 is 17.9 Å². The minimum absolute atomic E-state index is 0.0302. The van der Waals surface area contributed by atoms with Gasteiger partial charge in [-0.1, -0.05) is 6.92 Å². The number of aryl methyl sites for hydroxylation is 3. The van der Waals surface area contributed by atoms with Gasteiger partial charge >= 0.3 is 12.2 Å². The van der Waals surface area contributed by atoms with E-state index in [1.807, 2.05) is 13.8 Å². The van der Waals surface area contributed by atoms with E-state index in [1.54, 1.807) is 11.7 Å². The molecular weight excluding hydrogens is 349 g/mol. The fourth-order valence-electron chi connectivity index (χ4n) is 2.52. The number of alkyl halides is 3. The van der Waals surface area contributed by atoms with Crippen LogP contribution in [0.15, 0.2) is 6.07 Å². The van der Waals surface area contributed by atoms with E-state index >= 15 is 0 Å². The number of nitrogens with zero attached hydrogens (tertiary/aromatic N) is 4. The molecule has 0 aliphatic carbocycles. The van der Waals surface area contributed by atoms with Gasteiger partial charge in [0.1, 0.15) is 17.3 Å². The lowest BCUT2D eigenvalue weighted by Gasteiger charge is -2.10. The zero-order valence-electron chi connectivity index (χ0n) is 15.0. The highest BCUT2D eigenvalue weighted by molar-refractivity contribution is 5.89. The summed E-state index contributed by atoms with van der Waals surface area (Å²) in [5.41, 5.74) is 1.00. The Morgan fingerprint density at radius 1 is 1.27 bits per heavy atom. The SMILES string of the molecule is CCc1nn(C)c(NC(=O)NCCc2nc(C)cc(C(F)(F)F)n2)c1C. The van der Waals surface area contributed by atoms with Crippen molar-refractivity contribution in [1.82, 2.24) is 25.1 Å². The molecule has 26 heavy (non-hydrogen) atoms. The molecule has 10 heteroatoms. The number of hydrogen-bond donors (Lipinski definition) is 2. The summed E-state index contributed by atoms with van der Waals surface area (Å²) >= 11 is 0. The molecule has 0 aliphatic rings. The molecule has 2 aromatic rings. The molecule has 2 N–H and O–H groups in total. The Hall–Kier alpha value is -2.65. The average Bonchev–Trinajstić information content (AvgIpc) is 2.81. The Balaban J connectivity index is 1.95. The number of urea groups is 1. The molecule has 0 aliphatic heterocycles. The summed E-state index contributed by atoms with van der Waals surface area (Å²) in [6.07, 6.45) is -3.70. The van der Waals surface area contributed by atoms with Gasteiger partial charge in [-0.25, -0.2) is 14.8 Å². The third-order valence-corrected chi connectivity index (χ3v) is 3.77. The average molecular weight is 370 g/mol. The summed E-state index contributed by atoms with van der Waals surface area (Å²) in [6, 6.07) is 0.419. The second-order valence-corrected chi connectivity index (χ2v) is 5.84. The largest absolute Gasteiger partial charge is 0.433 e. The minimum atomic E-state index is -4.53. The second-order valence-electron chi connectivity index (χ2n) is 5.84. The van der Waals surface area contributed by atoms with Gasteiger partial charge in [-0.2, -0.15) is 18.3 Å². The van der Waals surface area contributed by atoms with Crippen LogP contribution in [0.5, 0.6) is 0 Å². The number of rotatable bonds is 5. The Kier molecular flexibility index (Phi) is 5.83. The third-order valence-electron chi connectivity index (χ3n) is 3.77. The first-order valence-electron chi connectivity index (χ1n) is 8.11. The highest BCUT2D eigenvalue weighted by Crippen LogP contribution is 2.27. The van der Waals surface area contributed by atoms with Crippen molar-refractivity contribution >= 4 is 11.8 Å². The van der Waals surface area contributed by atoms with Crippen molar-refractivity contribution in [2.45, 2.75) is 39.8 Å². The van der Waals surface area contributed by atoms with Gasteiger partial charge in [0.2, 0.25) is 0 Å². The summed E-state index contributed by atoms with van der Waals surface area (Å²) in [5.74, 6) is 0.605. The number of anilines is 1. The van der Waals surface area contributed by atoms with E-state index in [2.05, 4.69) is 25.7 Å². The van der Waals surface area contributed by atoms with Crippen LogP contribution in [-0.2, 0) is 26.1 Å². The third kappa shape index (κ3) is 4.70. The van der Waals surface area contributed by atoms with Gasteiger partial charge < -0.3 is 5.32 Å². The van der Waals surface area contributed by atoms with Crippen LogP contribution in [0.1, 0.15) is 35.4 Å². The molecule has 2 amide bonds. The molecule has 2 heterocycles. The van der Waals surface area contributed by atoms with Crippen molar-refractivity contribution in [3.05, 3.63) is 34.5 Å². The Morgan fingerprint density at radius 3 is 2.54 bits per heavy atom. The maximum atomic E-state index is 12.8. The molecule has 0 fully saturated rings. The smallest absolute Gasteiger partial charge is 0.337 e. The standard InChI is InChI=1S/C16H21F3N6O/c1-5-11-10(3)14(25(4)24-11)23-15(26)20-7-6-13-21-9(2)8-12(22-13)16(17,18)19/h8H,5-7H2,1-4H3,(H2,20,23,26). The molecule has 0 radical (unpaired) electrons. The van der Waals surface area contributed by atoms with E-state index in [1.165, 1.54) is 6.92 Å². The molecule has 2 aromatic heterocycles. The van der Waals surface area contributed by atoms with E-state index in [0.29, 0.717) is 5.82 Å². The van der Waals surface area contributed by atoms with E-state index in [4.69, 9.17) is 0 Å². The van der Waals surface area contributed by atoms with Crippen molar-refractivity contribution in [2.24, 2.45) is 7.05 Å². The minimum Gasteiger partial charge on any atom is -0.337 e. The van der Waals surface area contributed by atoms with Gasteiger partial charge in [0.15, 0.2) is 0 Å². The van der Waals surface area contributed by atoms with Crippen molar-refractivity contribution in [3.8, 4) is 0 Å². The summed E-state index contributed by atoms with van der Waals surface area (Å²) < 4.78 is 39.9. The molecule has 0 spiro atoms. The van der Waals surface area contributed by atoms with Crippen LogP contribution in [-0.4, -0.2) is 32.3 Å². The summed E-state index contributed by atoms with van der Waals surface area (Å²) in [6.45, 7) is 5.40. The number of carbonyl (C=O) groups is 1. The number of nitrogens with one attached hydrogen (secondary N) is 2. The molecule has 142 valence electrons. The van der Waals surface area contributed by atoms with Crippen molar-refractivity contribution < 1.29 is 18.0 Å². The van der Waals surface area contributed by atoms with Crippen molar-refractivity contribution in [3.63, 3.8) is 0 Å².